The summed E-state index contributed by atoms with van der Waals surface area (Å²) in [6, 6.07) is 6.16. The molecule has 2 aliphatic rings. The number of hydrogen-bond acceptors (Lipinski definition) is 4. The van der Waals surface area contributed by atoms with Crippen molar-refractivity contribution in [2.45, 2.75) is 43.7 Å². The van der Waals surface area contributed by atoms with Crippen LogP contribution >= 0.6 is 0 Å². The number of ether oxygens (including phenoxy) is 2. The first kappa shape index (κ1) is 14.6. The summed E-state index contributed by atoms with van der Waals surface area (Å²) < 4.78 is 13.7. The van der Waals surface area contributed by atoms with Gasteiger partial charge in [-0.05, 0) is 38.2 Å². The van der Waals surface area contributed by atoms with Crippen LogP contribution in [0.4, 0.5) is 5.69 Å². The van der Waals surface area contributed by atoms with Gasteiger partial charge >= 0.3 is 0 Å². The van der Waals surface area contributed by atoms with Gasteiger partial charge in [-0.1, -0.05) is 12.1 Å². The van der Waals surface area contributed by atoms with Gasteiger partial charge in [-0.3, -0.25) is 4.68 Å². The first-order chi connectivity index (χ1) is 11.2. The van der Waals surface area contributed by atoms with Gasteiger partial charge in [0.15, 0.2) is 0 Å². The van der Waals surface area contributed by atoms with E-state index in [1.54, 1.807) is 7.11 Å². The molecule has 2 heterocycles. The molecule has 1 aromatic heterocycles. The summed E-state index contributed by atoms with van der Waals surface area (Å²) in [4.78, 5) is 0. The van der Waals surface area contributed by atoms with E-state index in [2.05, 4.69) is 16.0 Å². The number of anilines is 1. The van der Waals surface area contributed by atoms with Crippen molar-refractivity contribution >= 4 is 5.69 Å². The van der Waals surface area contributed by atoms with Gasteiger partial charge in [0.05, 0.1) is 30.6 Å². The molecular weight excluding hydrogens is 290 g/mol. The first-order valence-electron chi connectivity index (χ1n) is 8.34. The van der Waals surface area contributed by atoms with E-state index < -0.39 is 0 Å². The van der Waals surface area contributed by atoms with Crippen LogP contribution in [0.15, 0.2) is 30.6 Å². The minimum Gasteiger partial charge on any atom is -0.494 e. The molecule has 1 aromatic carbocycles. The van der Waals surface area contributed by atoms with Gasteiger partial charge in [-0.15, -0.1) is 0 Å². The third-order valence-electron chi connectivity index (χ3n) is 5.31. The van der Waals surface area contributed by atoms with Crippen molar-refractivity contribution in [3.05, 3.63) is 30.6 Å². The third kappa shape index (κ3) is 2.30. The topological polar surface area (TPSA) is 62.3 Å². The molecule has 1 spiro atoms. The highest BCUT2D eigenvalue weighted by atomic mass is 16.5. The van der Waals surface area contributed by atoms with Gasteiger partial charge in [0.1, 0.15) is 5.75 Å². The normalized spacial score (nSPS) is 26.9. The van der Waals surface area contributed by atoms with E-state index in [-0.39, 0.29) is 5.60 Å². The van der Waals surface area contributed by atoms with Crippen LogP contribution in [0.1, 0.15) is 38.1 Å². The number of para-hydroxylation sites is 1. The molecule has 1 unspecified atom stereocenters. The second-order valence-electron chi connectivity index (χ2n) is 6.56. The van der Waals surface area contributed by atoms with Crippen LogP contribution in [0.2, 0.25) is 0 Å². The number of nitrogen functional groups attached to an aromatic ring is 1. The van der Waals surface area contributed by atoms with Crippen LogP contribution in [-0.4, -0.2) is 29.1 Å². The van der Waals surface area contributed by atoms with E-state index in [4.69, 9.17) is 15.2 Å². The molecule has 2 atom stereocenters. The fraction of sp³-hybridized carbons (Fsp3) is 0.500. The largest absolute Gasteiger partial charge is 0.494 e. The molecule has 1 saturated carbocycles. The van der Waals surface area contributed by atoms with E-state index in [9.17, 15) is 0 Å². The molecule has 2 aromatic rings. The standard InChI is InChI=1S/C18H23N3O2/c1-22-17-14(5-4-6-15(17)19)13-11-20-21(12-13)16-7-9-18(16)8-2-3-10-23-18/h4-6,11-12,16H,2-3,7-10,19H2,1H3/t16?,18-/m0/s1. The van der Waals surface area contributed by atoms with Crippen LogP contribution in [-0.2, 0) is 4.74 Å². The SMILES string of the molecule is COc1c(N)cccc1-c1cnn(C2CC[C@@]23CCCCO3)c1. The Labute approximate surface area is 136 Å². The van der Waals surface area contributed by atoms with Gasteiger partial charge in [-0.25, -0.2) is 0 Å². The maximum Gasteiger partial charge on any atom is 0.149 e. The van der Waals surface area contributed by atoms with Crippen molar-refractivity contribution < 1.29 is 9.47 Å². The highest BCUT2D eigenvalue weighted by Crippen LogP contribution is 2.50. The quantitative estimate of drug-likeness (QED) is 0.882. The smallest absolute Gasteiger partial charge is 0.149 e. The fourth-order valence-corrected chi connectivity index (χ4v) is 3.96. The van der Waals surface area contributed by atoms with Crippen molar-refractivity contribution in [1.29, 1.82) is 0 Å². The molecule has 2 fully saturated rings. The number of methoxy groups -OCH3 is 1. The van der Waals surface area contributed by atoms with Gasteiger partial charge in [0.25, 0.3) is 0 Å². The van der Waals surface area contributed by atoms with Gasteiger partial charge in [0, 0.05) is 23.9 Å². The van der Waals surface area contributed by atoms with E-state index in [1.807, 2.05) is 24.4 Å². The number of hydrogen-bond donors (Lipinski definition) is 1. The summed E-state index contributed by atoms with van der Waals surface area (Å²) in [7, 11) is 1.65. The third-order valence-corrected chi connectivity index (χ3v) is 5.31. The molecule has 0 radical (unpaired) electrons. The van der Waals surface area contributed by atoms with Crippen LogP contribution in [0.3, 0.4) is 0 Å². The number of benzene rings is 1. The minimum absolute atomic E-state index is 0.0152. The Hall–Kier alpha value is -2.01. The number of aromatic nitrogens is 2. The zero-order valence-corrected chi connectivity index (χ0v) is 13.5. The molecule has 1 aliphatic carbocycles. The molecule has 1 aliphatic heterocycles. The number of rotatable bonds is 3. The molecule has 5 heteroatoms. The zero-order chi connectivity index (χ0) is 15.9. The molecule has 1 saturated heterocycles. The molecule has 122 valence electrons. The average molecular weight is 313 g/mol. The van der Waals surface area contributed by atoms with Gasteiger partial charge in [0.2, 0.25) is 0 Å². The number of nitrogens with two attached hydrogens (primary N) is 1. The molecule has 23 heavy (non-hydrogen) atoms. The second-order valence-corrected chi connectivity index (χ2v) is 6.56. The lowest BCUT2D eigenvalue weighted by atomic mass is 9.70. The summed E-state index contributed by atoms with van der Waals surface area (Å²) in [5.74, 6) is 0.712. The van der Waals surface area contributed by atoms with Crippen LogP contribution in [0.5, 0.6) is 5.75 Å². The van der Waals surface area contributed by atoms with Crippen molar-refractivity contribution in [1.82, 2.24) is 9.78 Å². The molecular formula is C18H23N3O2. The van der Waals surface area contributed by atoms with Crippen molar-refractivity contribution in [3.8, 4) is 16.9 Å². The highest BCUT2D eigenvalue weighted by molar-refractivity contribution is 5.76. The first-order valence-corrected chi connectivity index (χ1v) is 8.34. The average Bonchev–Trinajstić information content (AvgIpc) is 3.03. The van der Waals surface area contributed by atoms with E-state index in [1.165, 1.54) is 12.8 Å². The van der Waals surface area contributed by atoms with Crippen LogP contribution in [0.25, 0.3) is 11.1 Å². The van der Waals surface area contributed by atoms with Crippen molar-refractivity contribution in [2.75, 3.05) is 19.5 Å². The Bertz CT molecular complexity index is 704. The van der Waals surface area contributed by atoms with Crippen molar-refractivity contribution in [2.24, 2.45) is 0 Å². The Kier molecular flexibility index (Phi) is 3.53. The van der Waals surface area contributed by atoms with Crippen LogP contribution in [0, 0.1) is 0 Å². The molecule has 0 amide bonds. The minimum atomic E-state index is 0.0152. The van der Waals surface area contributed by atoms with Gasteiger partial charge < -0.3 is 15.2 Å². The Balaban J connectivity index is 1.64. The molecule has 5 nitrogen and oxygen atoms in total. The molecule has 2 N–H and O–H groups in total. The van der Waals surface area contributed by atoms with Gasteiger partial charge in [-0.2, -0.15) is 5.10 Å². The van der Waals surface area contributed by atoms with E-state index in [0.717, 1.165) is 37.0 Å². The zero-order valence-electron chi connectivity index (χ0n) is 13.5. The summed E-state index contributed by atoms with van der Waals surface area (Å²) in [6.07, 6.45) is 9.86. The van der Waals surface area contributed by atoms with Crippen molar-refractivity contribution in [3.63, 3.8) is 0 Å². The fourth-order valence-electron chi connectivity index (χ4n) is 3.96. The lowest BCUT2D eigenvalue weighted by Gasteiger charge is -2.51. The van der Waals surface area contributed by atoms with Crippen LogP contribution < -0.4 is 10.5 Å². The summed E-state index contributed by atoms with van der Waals surface area (Å²) >= 11 is 0. The maximum atomic E-state index is 6.14. The molecule has 0 bridgehead atoms. The summed E-state index contributed by atoms with van der Waals surface area (Å²) in [5.41, 5.74) is 8.69. The maximum absolute atomic E-state index is 6.14. The monoisotopic (exact) mass is 313 g/mol. The predicted molar refractivity (Wildman–Crippen MR) is 89.4 cm³/mol. The predicted octanol–water partition coefficient (Wildman–Crippen LogP) is 3.42. The van der Waals surface area contributed by atoms with E-state index in [0.29, 0.717) is 17.5 Å². The molecule has 4 rings (SSSR count). The Morgan fingerprint density at radius 3 is 2.96 bits per heavy atom. The Morgan fingerprint density at radius 1 is 1.35 bits per heavy atom. The lowest BCUT2D eigenvalue weighted by Crippen LogP contribution is -2.52. The lowest BCUT2D eigenvalue weighted by molar-refractivity contribution is -0.165. The Morgan fingerprint density at radius 2 is 2.26 bits per heavy atom. The summed E-state index contributed by atoms with van der Waals surface area (Å²) in [6.45, 7) is 0.883. The number of nitrogens with zero attached hydrogens (tertiary/aromatic N) is 2. The van der Waals surface area contributed by atoms with E-state index >= 15 is 0 Å². The highest BCUT2D eigenvalue weighted by Gasteiger charge is 2.50. The summed E-state index contributed by atoms with van der Waals surface area (Å²) in [5, 5.41) is 4.61. The second kappa shape index (κ2) is 5.57.